The van der Waals surface area contributed by atoms with Gasteiger partial charge in [-0.2, -0.15) is 0 Å². The van der Waals surface area contributed by atoms with Crippen molar-refractivity contribution in [2.24, 2.45) is 4.99 Å². The van der Waals surface area contributed by atoms with E-state index in [4.69, 9.17) is 23.2 Å². The van der Waals surface area contributed by atoms with E-state index in [1.165, 1.54) is 0 Å². The Morgan fingerprint density at radius 1 is 0.941 bits per heavy atom. The van der Waals surface area contributed by atoms with Gasteiger partial charge in [0.25, 0.3) is 0 Å². The molecule has 17 heavy (non-hydrogen) atoms. The van der Waals surface area contributed by atoms with E-state index in [-0.39, 0.29) is 0 Å². The van der Waals surface area contributed by atoms with Crippen LogP contribution in [0.3, 0.4) is 0 Å². The molecule has 0 unspecified atom stereocenters. The molecular weight excluding hydrogens is 321 g/mol. The van der Waals surface area contributed by atoms with Crippen LogP contribution >= 0.6 is 39.1 Å². The zero-order chi connectivity index (χ0) is 12.3. The van der Waals surface area contributed by atoms with Crippen LogP contribution in [0.4, 0.5) is 5.69 Å². The zero-order valence-corrected chi connectivity index (χ0v) is 11.8. The Bertz CT molecular complexity index is 550. The predicted octanol–water partition coefficient (Wildman–Crippen LogP) is 5.51. The van der Waals surface area contributed by atoms with Crippen molar-refractivity contribution in [2.75, 3.05) is 0 Å². The molecule has 2 rings (SSSR count). The third-order valence-corrected chi connectivity index (χ3v) is 3.40. The highest BCUT2D eigenvalue weighted by Crippen LogP contribution is 2.26. The summed E-state index contributed by atoms with van der Waals surface area (Å²) >= 11 is 15.1. The summed E-state index contributed by atoms with van der Waals surface area (Å²) in [6, 6.07) is 13.2. The Morgan fingerprint density at radius 3 is 2.29 bits per heavy atom. The Kier molecular flexibility index (Phi) is 4.21. The highest BCUT2D eigenvalue weighted by Gasteiger charge is 1.97. The predicted molar refractivity (Wildman–Crippen MR) is 77.9 cm³/mol. The fraction of sp³-hybridized carbons (Fsp3) is 0. The minimum absolute atomic E-state index is 0.511. The van der Waals surface area contributed by atoms with Crippen molar-refractivity contribution >= 4 is 51.0 Å². The molecule has 2 aromatic carbocycles. The quantitative estimate of drug-likeness (QED) is 0.645. The van der Waals surface area contributed by atoms with Crippen molar-refractivity contribution in [1.82, 2.24) is 0 Å². The van der Waals surface area contributed by atoms with Crippen LogP contribution < -0.4 is 0 Å². The van der Waals surface area contributed by atoms with Crippen molar-refractivity contribution in [3.63, 3.8) is 0 Å². The molecule has 0 amide bonds. The molecule has 0 N–H and O–H groups in total. The third kappa shape index (κ3) is 3.56. The van der Waals surface area contributed by atoms with Gasteiger partial charge in [0.05, 0.1) is 15.7 Å². The van der Waals surface area contributed by atoms with Gasteiger partial charge in [-0.25, -0.2) is 0 Å². The summed E-state index contributed by atoms with van der Waals surface area (Å²) in [6.07, 6.45) is 1.78. The van der Waals surface area contributed by atoms with Crippen LogP contribution in [0.1, 0.15) is 5.56 Å². The first kappa shape index (κ1) is 12.6. The number of hydrogen-bond acceptors (Lipinski definition) is 1. The van der Waals surface area contributed by atoms with Gasteiger partial charge in [0.1, 0.15) is 0 Å². The van der Waals surface area contributed by atoms with Gasteiger partial charge in [0, 0.05) is 10.7 Å². The van der Waals surface area contributed by atoms with Crippen LogP contribution in [0.5, 0.6) is 0 Å². The first-order chi connectivity index (χ1) is 8.15. The Hall–Kier alpha value is -0.830. The number of aliphatic imine (C=N–C) groups is 1. The van der Waals surface area contributed by atoms with E-state index in [1.54, 1.807) is 18.3 Å². The van der Waals surface area contributed by atoms with Crippen LogP contribution in [0.25, 0.3) is 0 Å². The summed E-state index contributed by atoms with van der Waals surface area (Å²) in [4.78, 5) is 4.32. The maximum absolute atomic E-state index is 5.90. The molecule has 4 heteroatoms. The SMILES string of the molecule is Clc1ccc(N=Cc2ccc(Br)cc2)cc1Cl. The molecule has 0 aromatic heterocycles. The molecular formula is C13H8BrCl2N. The van der Waals surface area contributed by atoms with E-state index in [1.807, 2.05) is 30.3 Å². The van der Waals surface area contributed by atoms with Gasteiger partial charge in [-0.05, 0) is 35.9 Å². The molecule has 86 valence electrons. The maximum Gasteiger partial charge on any atom is 0.0645 e. The van der Waals surface area contributed by atoms with Gasteiger partial charge < -0.3 is 0 Å². The van der Waals surface area contributed by atoms with Crippen LogP contribution in [-0.2, 0) is 0 Å². The first-order valence-electron chi connectivity index (χ1n) is 4.90. The number of nitrogens with zero attached hydrogens (tertiary/aromatic N) is 1. The Balaban J connectivity index is 2.20. The molecule has 0 fully saturated rings. The molecule has 0 radical (unpaired) electrons. The summed E-state index contributed by atoms with van der Waals surface area (Å²) < 4.78 is 1.05. The monoisotopic (exact) mass is 327 g/mol. The topological polar surface area (TPSA) is 12.4 Å². The lowest BCUT2D eigenvalue weighted by Crippen LogP contribution is -1.79. The van der Waals surface area contributed by atoms with Gasteiger partial charge in [0.2, 0.25) is 0 Å². The molecule has 0 bridgehead atoms. The van der Waals surface area contributed by atoms with Gasteiger partial charge in [-0.3, -0.25) is 4.99 Å². The summed E-state index contributed by atoms with van der Waals surface area (Å²) in [7, 11) is 0. The second-order valence-electron chi connectivity index (χ2n) is 3.41. The average molecular weight is 329 g/mol. The van der Waals surface area contributed by atoms with Gasteiger partial charge in [0.15, 0.2) is 0 Å². The minimum atomic E-state index is 0.511. The maximum atomic E-state index is 5.90. The minimum Gasteiger partial charge on any atom is -0.256 e. The van der Waals surface area contributed by atoms with Gasteiger partial charge in [-0.15, -0.1) is 0 Å². The second kappa shape index (κ2) is 5.67. The van der Waals surface area contributed by atoms with Crippen LogP contribution in [0, 0.1) is 0 Å². The van der Waals surface area contributed by atoms with Crippen molar-refractivity contribution in [1.29, 1.82) is 0 Å². The fourth-order valence-corrected chi connectivity index (χ4v) is 1.82. The Labute approximate surface area is 118 Å². The van der Waals surface area contributed by atoms with Crippen LogP contribution in [0.2, 0.25) is 10.0 Å². The standard InChI is InChI=1S/C13H8BrCl2N/c14-10-3-1-9(2-4-10)8-17-11-5-6-12(15)13(16)7-11/h1-8H. The van der Waals surface area contributed by atoms with E-state index in [0.717, 1.165) is 15.7 Å². The molecule has 0 aliphatic rings. The highest BCUT2D eigenvalue weighted by molar-refractivity contribution is 9.10. The molecule has 0 saturated heterocycles. The van der Waals surface area contributed by atoms with Crippen molar-refractivity contribution in [2.45, 2.75) is 0 Å². The number of hydrogen-bond donors (Lipinski definition) is 0. The Morgan fingerprint density at radius 2 is 1.65 bits per heavy atom. The number of benzene rings is 2. The van der Waals surface area contributed by atoms with Crippen LogP contribution in [-0.4, -0.2) is 6.21 Å². The summed E-state index contributed by atoms with van der Waals surface area (Å²) in [6.45, 7) is 0. The lowest BCUT2D eigenvalue weighted by molar-refractivity contribution is 1.52. The molecule has 0 atom stereocenters. The fourth-order valence-electron chi connectivity index (χ4n) is 1.26. The summed E-state index contributed by atoms with van der Waals surface area (Å²) in [5, 5.41) is 1.05. The smallest absolute Gasteiger partial charge is 0.0645 e. The average Bonchev–Trinajstić information content (AvgIpc) is 2.33. The lowest BCUT2D eigenvalue weighted by Gasteiger charge is -1.97. The second-order valence-corrected chi connectivity index (χ2v) is 5.14. The molecule has 0 heterocycles. The van der Waals surface area contributed by atoms with E-state index in [0.29, 0.717) is 10.0 Å². The molecule has 0 spiro atoms. The summed E-state index contributed by atoms with van der Waals surface area (Å²) in [5.74, 6) is 0. The van der Waals surface area contributed by atoms with E-state index in [9.17, 15) is 0 Å². The largest absolute Gasteiger partial charge is 0.256 e. The zero-order valence-electron chi connectivity index (χ0n) is 8.70. The van der Waals surface area contributed by atoms with E-state index >= 15 is 0 Å². The molecule has 0 saturated carbocycles. The van der Waals surface area contributed by atoms with Crippen molar-refractivity contribution in [3.05, 3.63) is 62.5 Å². The molecule has 1 nitrogen and oxygen atoms in total. The van der Waals surface area contributed by atoms with Crippen molar-refractivity contribution < 1.29 is 0 Å². The van der Waals surface area contributed by atoms with E-state index < -0.39 is 0 Å². The van der Waals surface area contributed by atoms with Crippen LogP contribution in [0.15, 0.2) is 51.9 Å². The number of halogens is 3. The molecule has 0 aliphatic carbocycles. The highest BCUT2D eigenvalue weighted by atomic mass is 79.9. The lowest BCUT2D eigenvalue weighted by atomic mass is 10.2. The van der Waals surface area contributed by atoms with E-state index in [2.05, 4.69) is 20.9 Å². The van der Waals surface area contributed by atoms with Crippen molar-refractivity contribution in [3.8, 4) is 0 Å². The van der Waals surface area contributed by atoms with Gasteiger partial charge in [-0.1, -0.05) is 51.3 Å². The van der Waals surface area contributed by atoms with Gasteiger partial charge >= 0.3 is 0 Å². The normalized spacial score (nSPS) is 11.0. The molecule has 0 aliphatic heterocycles. The first-order valence-corrected chi connectivity index (χ1v) is 6.45. The molecule has 2 aromatic rings. The third-order valence-electron chi connectivity index (χ3n) is 2.14. The number of rotatable bonds is 2. The summed E-state index contributed by atoms with van der Waals surface area (Å²) in [5.41, 5.74) is 1.81.